The van der Waals surface area contributed by atoms with Crippen LogP contribution in [0, 0.1) is 5.92 Å². The molecule has 1 atom stereocenters. The van der Waals surface area contributed by atoms with Crippen molar-refractivity contribution in [2.75, 3.05) is 5.88 Å². The standard InChI is InChI=1S/C5H8ClNO3/c6-2-1-3(4(7)8)5(9)10/h3H,1-2H2,(H2,7,8)(H,9,10). The smallest absolute Gasteiger partial charge is 0.316 e. The van der Waals surface area contributed by atoms with Gasteiger partial charge in [-0.25, -0.2) is 0 Å². The molecule has 0 saturated carbocycles. The predicted molar refractivity (Wildman–Crippen MR) is 35.7 cm³/mol. The second kappa shape index (κ2) is 4.11. The molecule has 0 aromatic heterocycles. The van der Waals surface area contributed by atoms with Crippen molar-refractivity contribution in [3.05, 3.63) is 0 Å². The first-order valence-electron chi connectivity index (χ1n) is 2.67. The van der Waals surface area contributed by atoms with E-state index in [2.05, 4.69) is 0 Å². The number of amides is 1. The average Bonchev–Trinajstić information content (AvgIpc) is 1.81. The summed E-state index contributed by atoms with van der Waals surface area (Å²) in [5, 5.41) is 8.32. The number of alkyl halides is 1. The number of carbonyl (C=O) groups excluding carboxylic acids is 1. The van der Waals surface area contributed by atoms with E-state index < -0.39 is 17.8 Å². The van der Waals surface area contributed by atoms with Crippen LogP contribution in [0.4, 0.5) is 0 Å². The lowest BCUT2D eigenvalue weighted by atomic mass is 10.1. The third-order valence-electron chi connectivity index (χ3n) is 1.04. The summed E-state index contributed by atoms with van der Waals surface area (Å²) in [4.78, 5) is 20.5. The molecular weight excluding hydrogens is 158 g/mol. The Morgan fingerprint density at radius 1 is 1.60 bits per heavy atom. The SMILES string of the molecule is NC(=O)C(CCCl)C(=O)O. The highest BCUT2D eigenvalue weighted by atomic mass is 35.5. The summed E-state index contributed by atoms with van der Waals surface area (Å²) in [6.45, 7) is 0. The maximum atomic E-state index is 10.3. The molecule has 10 heavy (non-hydrogen) atoms. The van der Waals surface area contributed by atoms with Crippen LogP contribution in [0.15, 0.2) is 0 Å². The Hall–Kier alpha value is -0.770. The van der Waals surface area contributed by atoms with E-state index in [1.165, 1.54) is 0 Å². The van der Waals surface area contributed by atoms with Crippen LogP contribution >= 0.6 is 11.6 Å². The van der Waals surface area contributed by atoms with E-state index in [0.29, 0.717) is 0 Å². The van der Waals surface area contributed by atoms with E-state index in [1.54, 1.807) is 0 Å². The summed E-state index contributed by atoms with van der Waals surface area (Å²) in [6, 6.07) is 0. The number of hydrogen-bond acceptors (Lipinski definition) is 2. The zero-order chi connectivity index (χ0) is 8.15. The second-order valence-corrected chi connectivity index (χ2v) is 2.15. The van der Waals surface area contributed by atoms with Crippen molar-refractivity contribution in [3.63, 3.8) is 0 Å². The van der Waals surface area contributed by atoms with Crippen LogP contribution in [-0.2, 0) is 9.59 Å². The summed E-state index contributed by atoms with van der Waals surface area (Å²) in [7, 11) is 0. The first-order chi connectivity index (χ1) is 4.59. The van der Waals surface area contributed by atoms with E-state index in [-0.39, 0.29) is 12.3 Å². The molecule has 1 amide bonds. The molecular formula is C5H8ClNO3. The highest BCUT2D eigenvalue weighted by Crippen LogP contribution is 2.03. The van der Waals surface area contributed by atoms with Gasteiger partial charge in [-0.15, -0.1) is 11.6 Å². The van der Waals surface area contributed by atoms with E-state index in [1.807, 2.05) is 0 Å². The molecule has 0 bridgehead atoms. The Balaban J connectivity index is 3.98. The van der Waals surface area contributed by atoms with Gasteiger partial charge in [-0.05, 0) is 6.42 Å². The maximum absolute atomic E-state index is 10.3. The minimum atomic E-state index is -1.21. The van der Waals surface area contributed by atoms with Crippen molar-refractivity contribution in [3.8, 4) is 0 Å². The average molecular weight is 166 g/mol. The van der Waals surface area contributed by atoms with E-state index in [9.17, 15) is 9.59 Å². The van der Waals surface area contributed by atoms with Crippen molar-refractivity contribution in [2.24, 2.45) is 11.7 Å². The van der Waals surface area contributed by atoms with Crippen molar-refractivity contribution < 1.29 is 14.7 Å². The first-order valence-corrected chi connectivity index (χ1v) is 3.21. The Labute approximate surface area is 63.0 Å². The molecule has 0 fully saturated rings. The van der Waals surface area contributed by atoms with Gasteiger partial charge in [0.1, 0.15) is 5.92 Å². The first kappa shape index (κ1) is 9.23. The van der Waals surface area contributed by atoms with Crippen LogP contribution in [0.3, 0.4) is 0 Å². The lowest BCUT2D eigenvalue weighted by molar-refractivity contribution is -0.146. The summed E-state index contributed by atoms with van der Waals surface area (Å²) in [6.07, 6.45) is 0.0895. The van der Waals surface area contributed by atoms with Gasteiger partial charge in [0, 0.05) is 5.88 Å². The van der Waals surface area contributed by atoms with Crippen molar-refractivity contribution in [1.29, 1.82) is 0 Å². The van der Waals surface area contributed by atoms with Crippen molar-refractivity contribution in [2.45, 2.75) is 6.42 Å². The van der Waals surface area contributed by atoms with E-state index in [4.69, 9.17) is 22.4 Å². The molecule has 0 radical (unpaired) electrons. The monoisotopic (exact) mass is 165 g/mol. The molecule has 0 aliphatic heterocycles. The third kappa shape index (κ3) is 2.68. The maximum Gasteiger partial charge on any atom is 0.316 e. The highest BCUT2D eigenvalue weighted by Gasteiger charge is 2.22. The molecule has 0 aliphatic rings. The number of carboxylic acid groups (broad SMARTS) is 1. The van der Waals surface area contributed by atoms with Gasteiger partial charge in [0.15, 0.2) is 0 Å². The van der Waals surface area contributed by atoms with Gasteiger partial charge in [-0.3, -0.25) is 9.59 Å². The van der Waals surface area contributed by atoms with Gasteiger partial charge >= 0.3 is 5.97 Å². The fourth-order valence-corrected chi connectivity index (χ4v) is 0.715. The predicted octanol–water partition coefficient (Wildman–Crippen LogP) is -0.199. The number of nitrogens with two attached hydrogens (primary N) is 1. The Morgan fingerprint density at radius 3 is 2.20 bits per heavy atom. The van der Waals surface area contributed by atoms with Crippen LogP contribution in [-0.4, -0.2) is 22.9 Å². The second-order valence-electron chi connectivity index (χ2n) is 1.77. The van der Waals surface area contributed by atoms with Crippen LogP contribution in [0.2, 0.25) is 0 Å². The molecule has 0 aromatic carbocycles. The molecule has 0 saturated heterocycles. The molecule has 0 heterocycles. The quantitative estimate of drug-likeness (QED) is 0.447. The number of rotatable bonds is 4. The summed E-state index contributed by atoms with van der Waals surface area (Å²) >= 11 is 5.21. The van der Waals surface area contributed by atoms with Gasteiger partial charge in [0.05, 0.1) is 0 Å². The van der Waals surface area contributed by atoms with Gasteiger partial charge < -0.3 is 10.8 Å². The molecule has 3 N–H and O–H groups in total. The summed E-state index contributed by atoms with van der Waals surface area (Å²) in [5.41, 5.74) is 4.75. The lowest BCUT2D eigenvalue weighted by Gasteiger charge is -2.03. The van der Waals surface area contributed by atoms with Crippen molar-refractivity contribution in [1.82, 2.24) is 0 Å². The molecule has 1 unspecified atom stereocenters. The van der Waals surface area contributed by atoms with Gasteiger partial charge in [0.2, 0.25) is 5.91 Å². The van der Waals surface area contributed by atoms with Crippen LogP contribution < -0.4 is 5.73 Å². The Kier molecular flexibility index (Phi) is 3.79. The number of primary amides is 1. The lowest BCUT2D eigenvalue weighted by Crippen LogP contribution is -2.30. The van der Waals surface area contributed by atoms with E-state index in [0.717, 1.165) is 0 Å². The number of aliphatic carboxylic acids is 1. The highest BCUT2D eigenvalue weighted by molar-refractivity contribution is 6.18. The number of hydrogen-bond donors (Lipinski definition) is 2. The number of carboxylic acids is 1. The number of halogens is 1. The molecule has 0 spiro atoms. The number of carbonyl (C=O) groups is 2. The van der Waals surface area contributed by atoms with Crippen molar-refractivity contribution >= 4 is 23.5 Å². The normalized spacial score (nSPS) is 12.5. The molecule has 0 aromatic rings. The minimum absolute atomic E-state index is 0.0895. The Bertz CT molecular complexity index is 134. The zero-order valence-corrected chi connectivity index (χ0v) is 5.97. The Morgan fingerprint density at radius 2 is 2.10 bits per heavy atom. The molecule has 4 nitrogen and oxygen atoms in total. The molecule has 0 rings (SSSR count). The topological polar surface area (TPSA) is 80.4 Å². The van der Waals surface area contributed by atoms with Gasteiger partial charge in [0.25, 0.3) is 0 Å². The van der Waals surface area contributed by atoms with Crippen LogP contribution in [0.25, 0.3) is 0 Å². The molecule has 5 heteroatoms. The largest absolute Gasteiger partial charge is 0.481 e. The summed E-state index contributed by atoms with van der Waals surface area (Å²) in [5.74, 6) is -3.07. The minimum Gasteiger partial charge on any atom is -0.481 e. The zero-order valence-electron chi connectivity index (χ0n) is 5.21. The molecule has 0 aliphatic carbocycles. The summed E-state index contributed by atoms with van der Waals surface area (Å²) < 4.78 is 0. The van der Waals surface area contributed by atoms with Gasteiger partial charge in [-0.1, -0.05) is 0 Å². The van der Waals surface area contributed by atoms with Crippen LogP contribution in [0.1, 0.15) is 6.42 Å². The third-order valence-corrected chi connectivity index (χ3v) is 1.26. The fraction of sp³-hybridized carbons (Fsp3) is 0.600. The van der Waals surface area contributed by atoms with Gasteiger partial charge in [-0.2, -0.15) is 0 Å². The fourth-order valence-electron chi connectivity index (χ4n) is 0.497. The van der Waals surface area contributed by atoms with E-state index >= 15 is 0 Å². The molecule has 58 valence electrons. The van der Waals surface area contributed by atoms with Crippen LogP contribution in [0.5, 0.6) is 0 Å².